The van der Waals surface area contributed by atoms with Crippen LogP contribution < -0.4 is 4.72 Å². The van der Waals surface area contributed by atoms with Gasteiger partial charge >= 0.3 is 0 Å². The van der Waals surface area contributed by atoms with E-state index in [1.165, 1.54) is 12.1 Å². The van der Waals surface area contributed by atoms with Crippen molar-refractivity contribution >= 4 is 15.9 Å². The molecule has 0 fully saturated rings. The summed E-state index contributed by atoms with van der Waals surface area (Å²) in [6.07, 6.45) is 6.77. The van der Waals surface area contributed by atoms with E-state index in [-0.39, 0.29) is 16.8 Å². The highest BCUT2D eigenvalue weighted by Gasteiger charge is 2.19. The van der Waals surface area contributed by atoms with E-state index in [4.69, 9.17) is 0 Å². The number of sulfonamides is 1. The summed E-state index contributed by atoms with van der Waals surface area (Å²) in [5.41, 5.74) is 2.26. The molecule has 0 aliphatic rings. The molecule has 0 spiro atoms. The van der Waals surface area contributed by atoms with Crippen LogP contribution in [0.3, 0.4) is 0 Å². The minimum Gasteiger partial charge on any atom is -0.330 e. The Hall–Kier alpha value is -3.10. The molecule has 8 heteroatoms. The van der Waals surface area contributed by atoms with Crippen molar-refractivity contribution < 1.29 is 13.2 Å². The van der Waals surface area contributed by atoms with Gasteiger partial charge in [-0.2, -0.15) is 0 Å². The predicted octanol–water partition coefficient (Wildman–Crippen LogP) is 3.01. The van der Waals surface area contributed by atoms with Gasteiger partial charge in [0.05, 0.1) is 4.90 Å². The summed E-state index contributed by atoms with van der Waals surface area (Å²) in [5, 5.41) is 0. The summed E-state index contributed by atoms with van der Waals surface area (Å²) in [4.78, 5) is 23.2. The summed E-state index contributed by atoms with van der Waals surface area (Å²) in [7, 11) is -3.61. The highest BCUT2D eigenvalue weighted by atomic mass is 32.2. The Balaban J connectivity index is 1.84. The Morgan fingerprint density at radius 2 is 1.60 bits per heavy atom. The normalized spacial score (nSPS) is 11.4. The molecular formula is C22H24N4O3S. The zero-order valence-corrected chi connectivity index (χ0v) is 17.7. The summed E-state index contributed by atoms with van der Waals surface area (Å²) in [6.45, 7) is 4.28. The molecule has 0 aliphatic heterocycles. The van der Waals surface area contributed by atoms with Crippen molar-refractivity contribution in [1.82, 2.24) is 19.6 Å². The molecule has 0 saturated heterocycles. The largest absolute Gasteiger partial charge is 0.330 e. The van der Waals surface area contributed by atoms with Crippen LogP contribution in [0.15, 0.2) is 78.2 Å². The smallest absolute Gasteiger partial charge is 0.254 e. The minimum absolute atomic E-state index is 0.126. The highest BCUT2D eigenvalue weighted by Crippen LogP contribution is 2.16. The van der Waals surface area contributed by atoms with Gasteiger partial charge in [-0.05, 0) is 67.4 Å². The summed E-state index contributed by atoms with van der Waals surface area (Å²) >= 11 is 0. The van der Waals surface area contributed by atoms with Crippen LogP contribution in [0.1, 0.15) is 35.3 Å². The fraction of sp³-hybridized carbons (Fsp3) is 0.227. The van der Waals surface area contributed by atoms with Crippen LogP contribution in [-0.4, -0.2) is 35.2 Å². The summed E-state index contributed by atoms with van der Waals surface area (Å²) < 4.78 is 27.2. The minimum atomic E-state index is -3.61. The second-order valence-corrected chi connectivity index (χ2v) is 8.89. The molecule has 0 bridgehead atoms. The number of amides is 1. The Morgan fingerprint density at radius 3 is 2.20 bits per heavy atom. The molecule has 156 valence electrons. The number of nitrogens with one attached hydrogen (secondary N) is 1. The molecular weight excluding hydrogens is 400 g/mol. The molecule has 0 radical (unpaired) electrons. The van der Waals surface area contributed by atoms with Crippen molar-refractivity contribution in [3.8, 4) is 0 Å². The third-order valence-electron chi connectivity index (χ3n) is 4.31. The first-order chi connectivity index (χ1) is 14.3. The third-order valence-corrected chi connectivity index (χ3v) is 5.98. The quantitative estimate of drug-likeness (QED) is 0.600. The maximum Gasteiger partial charge on any atom is 0.254 e. The van der Waals surface area contributed by atoms with Crippen molar-refractivity contribution in [1.29, 1.82) is 0 Å². The van der Waals surface area contributed by atoms with Crippen LogP contribution in [0.4, 0.5) is 0 Å². The Morgan fingerprint density at radius 1 is 0.933 bits per heavy atom. The van der Waals surface area contributed by atoms with Crippen LogP contribution >= 0.6 is 0 Å². The molecule has 0 atom stereocenters. The molecule has 7 nitrogen and oxygen atoms in total. The van der Waals surface area contributed by atoms with Gasteiger partial charge in [0.1, 0.15) is 0 Å². The fourth-order valence-electron chi connectivity index (χ4n) is 2.96. The van der Waals surface area contributed by atoms with E-state index in [1.807, 2.05) is 24.3 Å². The first-order valence-electron chi connectivity index (χ1n) is 9.54. The lowest BCUT2D eigenvalue weighted by atomic mass is 10.1. The number of hydrogen-bond acceptors (Lipinski definition) is 5. The van der Waals surface area contributed by atoms with Gasteiger partial charge in [0.15, 0.2) is 0 Å². The first-order valence-corrected chi connectivity index (χ1v) is 11.0. The fourth-order valence-corrected chi connectivity index (χ4v) is 4.21. The van der Waals surface area contributed by atoms with E-state index >= 15 is 0 Å². The van der Waals surface area contributed by atoms with Crippen molar-refractivity contribution in [3.63, 3.8) is 0 Å². The van der Waals surface area contributed by atoms with E-state index in [1.54, 1.807) is 55.7 Å². The molecule has 1 N–H and O–H groups in total. The molecule has 3 rings (SSSR count). The number of aromatic nitrogens is 2. The lowest BCUT2D eigenvalue weighted by Crippen LogP contribution is -2.31. The van der Waals surface area contributed by atoms with Gasteiger partial charge in [-0.15, -0.1) is 0 Å². The number of nitrogens with zero attached hydrogens (tertiary/aromatic N) is 3. The monoisotopic (exact) mass is 424 g/mol. The van der Waals surface area contributed by atoms with Crippen LogP contribution in [0.2, 0.25) is 0 Å². The number of pyridine rings is 2. The Bertz CT molecular complexity index is 1030. The molecule has 1 aromatic carbocycles. The average Bonchev–Trinajstić information content (AvgIpc) is 2.73. The first kappa shape index (κ1) is 21.6. The van der Waals surface area contributed by atoms with E-state index in [2.05, 4.69) is 14.7 Å². The SMILES string of the molecule is CC(C)NS(=O)(=O)c1ccc(C(=O)N(Cc2ccncc2)Cc2cccnc2)cc1. The second-order valence-electron chi connectivity index (χ2n) is 7.18. The molecule has 0 saturated carbocycles. The molecule has 0 unspecified atom stereocenters. The maximum atomic E-state index is 13.2. The van der Waals surface area contributed by atoms with Gasteiger partial charge in [0.2, 0.25) is 10.0 Å². The van der Waals surface area contributed by atoms with Gasteiger partial charge < -0.3 is 4.90 Å². The van der Waals surface area contributed by atoms with Gasteiger partial charge in [0, 0.05) is 49.5 Å². The van der Waals surface area contributed by atoms with Gasteiger partial charge in [-0.3, -0.25) is 14.8 Å². The van der Waals surface area contributed by atoms with E-state index < -0.39 is 10.0 Å². The molecule has 3 aromatic rings. The average molecular weight is 425 g/mol. The van der Waals surface area contributed by atoms with Crippen LogP contribution in [0.5, 0.6) is 0 Å². The number of carbonyl (C=O) groups is 1. The van der Waals surface area contributed by atoms with E-state index in [0.717, 1.165) is 11.1 Å². The number of rotatable bonds is 8. The van der Waals surface area contributed by atoms with Crippen molar-refractivity contribution in [2.75, 3.05) is 0 Å². The van der Waals surface area contributed by atoms with Gasteiger partial charge in [-0.25, -0.2) is 13.1 Å². The molecule has 1 amide bonds. The molecule has 2 heterocycles. The standard InChI is InChI=1S/C22H24N4O3S/c1-17(2)25-30(28,29)21-7-5-20(6-8-21)22(27)26(15-18-9-12-23-13-10-18)16-19-4-3-11-24-14-19/h3-14,17,25H,15-16H2,1-2H3. The summed E-state index contributed by atoms with van der Waals surface area (Å²) in [6, 6.07) is 13.2. The van der Waals surface area contributed by atoms with Crippen molar-refractivity contribution in [2.45, 2.75) is 37.9 Å². The van der Waals surface area contributed by atoms with Crippen LogP contribution in [0.25, 0.3) is 0 Å². The van der Waals surface area contributed by atoms with E-state index in [9.17, 15) is 13.2 Å². The zero-order chi connectivity index (χ0) is 21.6. The number of carbonyl (C=O) groups excluding carboxylic acids is 1. The summed E-state index contributed by atoms with van der Waals surface area (Å²) in [5.74, 6) is -0.198. The Labute approximate surface area is 176 Å². The predicted molar refractivity (Wildman–Crippen MR) is 114 cm³/mol. The lowest BCUT2D eigenvalue weighted by Gasteiger charge is -2.23. The second kappa shape index (κ2) is 9.60. The van der Waals surface area contributed by atoms with E-state index in [0.29, 0.717) is 18.7 Å². The molecule has 2 aromatic heterocycles. The van der Waals surface area contributed by atoms with Gasteiger partial charge in [-0.1, -0.05) is 6.07 Å². The molecule has 30 heavy (non-hydrogen) atoms. The topological polar surface area (TPSA) is 92.3 Å². The lowest BCUT2D eigenvalue weighted by molar-refractivity contribution is 0.0729. The maximum absolute atomic E-state index is 13.2. The third kappa shape index (κ3) is 5.71. The van der Waals surface area contributed by atoms with Crippen LogP contribution in [0, 0.1) is 0 Å². The van der Waals surface area contributed by atoms with Crippen LogP contribution in [-0.2, 0) is 23.1 Å². The van der Waals surface area contributed by atoms with Crippen molar-refractivity contribution in [3.05, 3.63) is 90.0 Å². The number of hydrogen-bond donors (Lipinski definition) is 1. The van der Waals surface area contributed by atoms with Crippen molar-refractivity contribution in [2.24, 2.45) is 0 Å². The van der Waals surface area contributed by atoms with Gasteiger partial charge in [0.25, 0.3) is 5.91 Å². The Kier molecular flexibility index (Phi) is 6.91. The highest BCUT2D eigenvalue weighted by molar-refractivity contribution is 7.89. The molecule has 0 aliphatic carbocycles. The zero-order valence-electron chi connectivity index (χ0n) is 16.9. The number of benzene rings is 1.